The molecule has 0 aliphatic heterocycles. The minimum atomic E-state index is -1.19. The van der Waals surface area contributed by atoms with Gasteiger partial charge in [-0.25, -0.2) is 8.78 Å². The zero-order chi connectivity index (χ0) is 16.1. The van der Waals surface area contributed by atoms with Crippen LogP contribution in [0.4, 0.5) is 8.78 Å². The average molecular weight is 307 g/mol. The number of halogens is 2. The van der Waals surface area contributed by atoms with Crippen LogP contribution in [0, 0.1) is 11.6 Å². The first-order chi connectivity index (χ1) is 10.5. The molecule has 6 heteroatoms. The Bertz CT molecular complexity index is 676. The van der Waals surface area contributed by atoms with Crippen LogP contribution in [0.2, 0.25) is 0 Å². The molecule has 0 bridgehead atoms. The zero-order valence-corrected chi connectivity index (χ0v) is 11.8. The minimum Gasteiger partial charge on any atom is -0.494 e. The molecule has 1 atom stereocenters. The summed E-state index contributed by atoms with van der Waals surface area (Å²) in [6.07, 6.45) is -1.19. The van der Waals surface area contributed by atoms with Gasteiger partial charge in [-0.2, -0.15) is 0 Å². The second kappa shape index (κ2) is 7.00. The van der Waals surface area contributed by atoms with Gasteiger partial charge in [-0.05, 0) is 24.3 Å². The van der Waals surface area contributed by atoms with Crippen LogP contribution in [0.1, 0.15) is 22.0 Å². The smallest absolute Gasteiger partial charge is 0.251 e. The van der Waals surface area contributed by atoms with Crippen LogP contribution >= 0.6 is 0 Å². The van der Waals surface area contributed by atoms with Crippen molar-refractivity contribution >= 4 is 5.91 Å². The van der Waals surface area contributed by atoms with Crippen molar-refractivity contribution in [1.29, 1.82) is 0 Å². The minimum absolute atomic E-state index is 0.0305. The van der Waals surface area contributed by atoms with Gasteiger partial charge < -0.3 is 15.2 Å². The molecule has 0 saturated carbocycles. The summed E-state index contributed by atoms with van der Waals surface area (Å²) in [5.41, 5.74) is 0.169. The number of hydrogen-bond acceptors (Lipinski definition) is 3. The lowest BCUT2D eigenvalue weighted by Gasteiger charge is -2.13. The van der Waals surface area contributed by atoms with Gasteiger partial charge in [0, 0.05) is 17.7 Å². The summed E-state index contributed by atoms with van der Waals surface area (Å²) in [5.74, 6) is -1.76. The molecule has 0 aliphatic carbocycles. The Balaban J connectivity index is 2.01. The molecule has 116 valence electrons. The lowest BCUT2D eigenvalue weighted by Crippen LogP contribution is -2.28. The Hall–Kier alpha value is -2.47. The highest BCUT2D eigenvalue weighted by Gasteiger charge is 2.15. The molecule has 0 aliphatic rings. The Morgan fingerprint density at radius 2 is 1.95 bits per heavy atom. The zero-order valence-electron chi connectivity index (χ0n) is 11.8. The van der Waals surface area contributed by atoms with Gasteiger partial charge in [0.15, 0.2) is 11.6 Å². The summed E-state index contributed by atoms with van der Waals surface area (Å²) in [6, 6.07) is 9.50. The lowest BCUT2D eigenvalue weighted by molar-refractivity contribution is 0.0913. The number of rotatable bonds is 5. The largest absolute Gasteiger partial charge is 0.494 e. The van der Waals surface area contributed by atoms with Crippen molar-refractivity contribution in [3.05, 3.63) is 65.2 Å². The first-order valence-electron chi connectivity index (χ1n) is 6.57. The second-order valence-corrected chi connectivity index (χ2v) is 4.60. The van der Waals surface area contributed by atoms with Crippen molar-refractivity contribution in [2.45, 2.75) is 6.10 Å². The molecule has 0 spiro atoms. The number of aliphatic hydroxyl groups is 1. The van der Waals surface area contributed by atoms with Gasteiger partial charge in [-0.15, -0.1) is 0 Å². The molecule has 0 fully saturated rings. The summed E-state index contributed by atoms with van der Waals surface area (Å²) in [5, 5.41) is 12.3. The fraction of sp³-hybridized carbons (Fsp3) is 0.188. The lowest BCUT2D eigenvalue weighted by atomic mass is 10.1. The van der Waals surface area contributed by atoms with Crippen molar-refractivity contribution in [3.8, 4) is 5.75 Å². The Morgan fingerprint density at radius 1 is 1.23 bits per heavy atom. The first kappa shape index (κ1) is 15.9. The molecule has 2 N–H and O–H groups in total. The average Bonchev–Trinajstić information content (AvgIpc) is 2.52. The Kier molecular flexibility index (Phi) is 5.06. The number of carbonyl (C=O) groups is 1. The number of aliphatic hydroxyl groups excluding tert-OH is 1. The van der Waals surface area contributed by atoms with E-state index in [-0.39, 0.29) is 23.4 Å². The van der Waals surface area contributed by atoms with E-state index in [2.05, 4.69) is 5.32 Å². The van der Waals surface area contributed by atoms with E-state index < -0.39 is 23.6 Å². The van der Waals surface area contributed by atoms with Gasteiger partial charge in [-0.1, -0.05) is 18.2 Å². The number of carbonyl (C=O) groups excluding carboxylic acids is 1. The number of ether oxygens (including phenoxy) is 1. The third kappa shape index (κ3) is 3.59. The van der Waals surface area contributed by atoms with Crippen LogP contribution < -0.4 is 10.1 Å². The molecule has 0 aromatic heterocycles. The molecule has 1 amide bonds. The quantitative estimate of drug-likeness (QED) is 0.892. The van der Waals surface area contributed by atoms with Crippen LogP contribution in [0.25, 0.3) is 0 Å². The number of benzene rings is 2. The van der Waals surface area contributed by atoms with E-state index in [0.29, 0.717) is 0 Å². The maximum Gasteiger partial charge on any atom is 0.251 e. The van der Waals surface area contributed by atoms with Crippen LogP contribution in [-0.4, -0.2) is 24.7 Å². The van der Waals surface area contributed by atoms with Gasteiger partial charge in [0.05, 0.1) is 13.2 Å². The van der Waals surface area contributed by atoms with Gasteiger partial charge >= 0.3 is 0 Å². The van der Waals surface area contributed by atoms with Gasteiger partial charge in [0.25, 0.3) is 5.91 Å². The normalized spacial score (nSPS) is 11.8. The van der Waals surface area contributed by atoms with Crippen molar-refractivity contribution in [2.24, 2.45) is 0 Å². The van der Waals surface area contributed by atoms with Crippen LogP contribution in [0.5, 0.6) is 5.75 Å². The van der Waals surface area contributed by atoms with Gasteiger partial charge in [-0.3, -0.25) is 4.79 Å². The van der Waals surface area contributed by atoms with Crippen molar-refractivity contribution in [1.82, 2.24) is 5.32 Å². The topological polar surface area (TPSA) is 58.6 Å². The standard InChI is InChI=1S/C16H15F2NO3/c1-22-15-7-6-10(8-13(15)18)16(21)19-9-14(20)11-4-2-3-5-12(11)17/h2-8,14,20H,9H2,1H3,(H,19,21). The highest BCUT2D eigenvalue weighted by Crippen LogP contribution is 2.18. The predicted octanol–water partition coefficient (Wildman–Crippen LogP) is 2.44. The summed E-state index contributed by atoms with van der Waals surface area (Å²) in [6.45, 7) is -0.187. The van der Waals surface area contributed by atoms with E-state index in [0.717, 1.165) is 6.07 Å². The monoisotopic (exact) mass is 307 g/mol. The van der Waals surface area contributed by atoms with Crippen molar-refractivity contribution < 1.29 is 23.4 Å². The molecule has 0 saturated heterocycles. The van der Waals surface area contributed by atoms with E-state index in [1.54, 1.807) is 6.07 Å². The number of nitrogens with one attached hydrogen (secondary N) is 1. The Morgan fingerprint density at radius 3 is 2.59 bits per heavy atom. The molecular formula is C16H15F2NO3. The van der Waals surface area contributed by atoms with Crippen LogP contribution in [0.15, 0.2) is 42.5 Å². The summed E-state index contributed by atoms with van der Waals surface area (Å²) < 4.78 is 31.8. The van der Waals surface area contributed by atoms with E-state index in [1.807, 2.05) is 0 Å². The summed E-state index contributed by atoms with van der Waals surface area (Å²) in [7, 11) is 1.32. The predicted molar refractivity (Wildman–Crippen MR) is 76.6 cm³/mol. The number of amides is 1. The molecule has 0 radical (unpaired) electrons. The highest BCUT2D eigenvalue weighted by molar-refractivity contribution is 5.94. The first-order valence-corrected chi connectivity index (χ1v) is 6.57. The van der Waals surface area contributed by atoms with E-state index >= 15 is 0 Å². The molecule has 2 aromatic carbocycles. The summed E-state index contributed by atoms with van der Waals surface area (Å²) >= 11 is 0. The maximum absolute atomic E-state index is 13.5. The molecule has 22 heavy (non-hydrogen) atoms. The molecule has 4 nitrogen and oxygen atoms in total. The molecule has 0 heterocycles. The third-order valence-corrected chi connectivity index (χ3v) is 3.13. The maximum atomic E-state index is 13.5. The highest BCUT2D eigenvalue weighted by atomic mass is 19.1. The van der Waals surface area contributed by atoms with Gasteiger partial charge in [0.2, 0.25) is 0 Å². The number of hydrogen-bond donors (Lipinski definition) is 2. The fourth-order valence-electron chi connectivity index (χ4n) is 1.95. The van der Waals surface area contributed by atoms with Crippen LogP contribution in [0.3, 0.4) is 0 Å². The van der Waals surface area contributed by atoms with Crippen LogP contribution in [-0.2, 0) is 0 Å². The fourth-order valence-corrected chi connectivity index (χ4v) is 1.95. The molecule has 1 unspecified atom stereocenters. The van der Waals surface area contributed by atoms with Gasteiger partial charge in [0.1, 0.15) is 5.82 Å². The Labute approximate surface area is 126 Å². The van der Waals surface area contributed by atoms with Crippen molar-refractivity contribution in [3.63, 3.8) is 0 Å². The molecule has 2 rings (SSSR count). The van der Waals surface area contributed by atoms with E-state index in [1.165, 1.54) is 37.4 Å². The van der Waals surface area contributed by atoms with Crippen molar-refractivity contribution in [2.75, 3.05) is 13.7 Å². The number of methoxy groups -OCH3 is 1. The second-order valence-electron chi connectivity index (χ2n) is 4.60. The molecular weight excluding hydrogens is 292 g/mol. The molecule has 2 aromatic rings. The van der Waals surface area contributed by atoms with E-state index in [4.69, 9.17) is 4.74 Å². The SMILES string of the molecule is COc1ccc(C(=O)NCC(O)c2ccccc2F)cc1F. The van der Waals surface area contributed by atoms with E-state index in [9.17, 15) is 18.7 Å². The third-order valence-electron chi connectivity index (χ3n) is 3.13. The summed E-state index contributed by atoms with van der Waals surface area (Å²) in [4.78, 5) is 11.9.